The number of anilines is 1. The molecule has 0 atom stereocenters. The van der Waals surface area contributed by atoms with Crippen molar-refractivity contribution in [3.63, 3.8) is 0 Å². The summed E-state index contributed by atoms with van der Waals surface area (Å²) >= 11 is 0. The zero-order valence-electron chi connectivity index (χ0n) is 11.5. The number of hydrogen-bond donors (Lipinski definition) is 1. The van der Waals surface area contributed by atoms with Crippen LogP contribution in [-0.2, 0) is 10.0 Å². The van der Waals surface area contributed by atoms with E-state index in [9.17, 15) is 8.42 Å². The lowest BCUT2D eigenvalue weighted by molar-refractivity contribution is 0.598. The van der Waals surface area contributed by atoms with Gasteiger partial charge in [-0.3, -0.25) is 4.72 Å². The zero-order valence-corrected chi connectivity index (χ0v) is 12.3. The first-order valence-corrected chi connectivity index (χ1v) is 8.04. The molecule has 0 aliphatic heterocycles. The van der Waals surface area contributed by atoms with Gasteiger partial charge in [-0.15, -0.1) is 0 Å². The van der Waals surface area contributed by atoms with Gasteiger partial charge in [-0.2, -0.15) is 0 Å². The summed E-state index contributed by atoms with van der Waals surface area (Å²) in [5.41, 5.74) is 3.37. The monoisotopic (exact) mass is 281 g/mol. The number of fused-ring (bicyclic) bond motifs is 1. The molecule has 0 bridgehead atoms. The number of hydrogen-bond acceptors (Lipinski definition) is 3. The van der Waals surface area contributed by atoms with Crippen LogP contribution in [0.3, 0.4) is 0 Å². The molecule has 0 aliphatic rings. The van der Waals surface area contributed by atoms with Gasteiger partial charge in [-0.1, -0.05) is 13.3 Å². The Morgan fingerprint density at radius 3 is 2.74 bits per heavy atom. The van der Waals surface area contributed by atoms with E-state index in [4.69, 9.17) is 0 Å². The number of rotatable bonds is 5. The first-order chi connectivity index (χ1) is 8.93. The predicted molar refractivity (Wildman–Crippen MR) is 77.0 cm³/mol. The lowest BCUT2D eigenvalue weighted by Crippen LogP contribution is -2.16. The number of aryl methyl sites for hydroxylation is 2. The van der Waals surface area contributed by atoms with Gasteiger partial charge in [0, 0.05) is 11.9 Å². The van der Waals surface area contributed by atoms with Gasteiger partial charge in [-0.25, -0.2) is 13.4 Å². The van der Waals surface area contributed by atoms with Crippen molar-refractivity contribution in [1.29, 1.82) is 0 Å². The average Bonchev–Trinajstić information content (AvgIpc) is 2.63. The van der Waals surface area contributed by atoms with E-state index in [1.54, 1.807) is 12.3 Å². The van der Waals surface area contributed by atoms with Crippen LogP contribution in [0.15, 0.2) is 18.3 Å². The number of aromatic nitrogens is 2. The van der Waals surface area contributed by atoms with Crippen molar-refractivity contribution in [2.24, 2.45) is 0 Å². The molecule has 6 heteroatoms. The highest BCUT2D eigenvalue weighted by Gasteiger charge is 2.11. The van der Waals surface area contributed by atoms with Gasteiger partial charge < -0.3 is 4.40 Å². The van der Waals surface area contributed by atoms with E-state index < -0.39 is 10.0 Å². The minimum absolute atomic E-state index is 0.156. The van der Waals surface area contributed by atoms with Crippen LogP contribution in [0.5, 0.6) is 0 Å². The molecule has 0 unspecified atom stereocenters. The highest BCUT2D eigenvalue weighted by molar-refractivity contribution is 7.92. The Kier molecular flexibility index (Phi) is 3.80. The summed E-state index contributed by atoms with van der Waals surface area (Å²) in [6, 6.07) is 3.56. The minimum Gasteiger partial charge on any atom is -0.302 e. The topological polar surface area (TPSA) is 63.5 Å². The predicted octanol–water partition coefficient (Wildman–Crippen LogP) is 2.49. The van der Waals surface area contributed by atoms with Crippen LogP contribution in [0.25, 0.3) is 5.65 Å². The molecule has 0 aliphatic carbocycles. The molecule has 0 radical (unpaired) electrons. The van der Waals surface area contributed by atoms with Crippen LogP contribution in [0, 0.1) is 13.8 Å². The summed E-state index contributed by atoms with van der Waals surface area (Å²) in [4.78, 5) is 4.39. The molecule has 104 valence electrons. The molecule has 1 N–H and O–H groups in total. The summed E-state index contributed by atoms with van der Waals surface area (Å²) < 4.78 is 28.2. The number of nitrogens with zero attached hydrogens (tertiary/aromatic N) is 2. The van der Waals surface area contributed by atoms with Gasteiger partial charge in [0.2, 0.25) is 10.0 Å². The maximum atomic E-state index is 11.8. The van der Waals surface area contributed by atoms with Crippen molar-refractivity contribution in [2.45, 2.75) is 33.6 Å². The number of imidazole rings is 1. The molecule has 0 saturated heterocycles. The molecule has 0 spiro atoms. The third-order valence-electron chi connectivity index (χ3n) is 3.13. The fourth-order valence-corrected chi connectivity index (χ4v) is 3.16. The van der Waals surface area contributed by atoms with Gasteiger partial charge in [0.25, 0.3) is 0 Å². The molecule has 2 rings (SSSR count). The Balaban J connectivity index is 2.29. The third-order valence-corrected chi connectivity index (χ3v) is 4.51. The van der Waals surface area contributed by atoms with Gasteiger partial charge >= 0.3 is 0 Å². The van der Waals surface area contributed by atoms with Crippen molar-refractivity contribution >= 4 is 21.4 Å². The molecular weight excluding hydrogens is 262 g/mol. The van der Waals surface area contributed by atoms with E-state index in [1.165, 1.54) is 0 Å². The third kappa shape index (κ3) is 3.07. The Hall–Kier alpha value is -1.56. The number of pyridine rings is 1. The second-order valence-electron chi connectivity index (χ2n) is 4.70. The van der Waals surface area contributed by atoms with E-state index in [0.717, 1.165) is 23.5 Å². The second-order valence-corrected chi connectivity index (χ2v) is 6.54. The summed E-state index contributed by atoms with van der Waals surface area (Å²) in [6.07, 6.45) is 3.30. The standard InChI is InChI=1S/C13H19N3O2S/c1-4-5-8-19(17,18)15-12-6-7-13-14-10(2)11(3)16(13)9-12/h6-7,9,15H,4-5,8H2,1-3H3. The summed E-state index contributed by atoms with van der Waals surface area (Å²) in [7, 11) is -3.26. The van der Waals surface area contributed by atoms with Crippen LogP contribution in [0.1, 0.15) is 31.2 Å². The van der Waals surface area contributed by atoms with Crippen LogP contribution in [-0.4, -0.2) is 23.6 Å². The lowest BCUT2D eigenvalue weighted by Gasteiger charge is -2.08. The maximum Gasteiger partial charge on any atom is 0.232 e. The van der Waals surface area contributed by atoms with Crippen LogP contribution in [0.2, 0.25) is 0 Å². The van der Waals surface area contributed by atoms with Crippen molar-refractivity contribution < 1.29 is 8.42 Å². The fraction of sp³-hybridized carbons (Fsp3) is 0.462. The maximum absolute atomic E-state index is 11.8. The Labute approximate surface area is 113 Å². The quantitative estimate of drug-likeness (QED) is 0.915. The normalized spacial score (nSPS) is 11.9. The van der Waals surface area contributed by atoms with E-state index >= 15 is 0 Å². The Morgan fingerprint density at radius 2 is 2.05 bits per heavy atom. The molecule has 2 aromatic rings. The number of sulfonamides is 1. The highest BCUT2D eigenvalue weighted by Crippen LogP contribution is 2.16. The average molecular weight is 281 g/mol. The van der Waals surface area contributed by atoms with Crippen LogP contribution < -0.4 is 4.72 Å². The Morgan fingerprint density at radius 1 is 1.32 bits per heavy atom. The van der Waals surface area contributed by atoms with Gasteiger partial charge in [0.1, 0.15) is 5.65 Å². The van der Waals surface area contributed by atoms with Gasteiger partial charge in [0.15, 0.2) is 0 Å². The van der Waals surface area contributed by atoms with Crippen molar-refractivity contribution in [3.8, 4) is 0 Å². The van der Waals surface area contributed by atoms with E-state index in [1.807, 2.05) is 31.2 Å². The molecular formula is C13H19N3O2S. The van der Waals surface area contributed by atoms with Crippen molar-refractivity contribution in [2.75, 3.05) is 10.5 Å². The van der Waals surface area contributed by atoms with Gasteiger partial charge in [-0.05, 0) is 32.4 Å². The smallest absolute Gasteiger partial charge is 0.232 e. The van der Waals surface area contributed by atoms with E-state index in [2.05, 4.69) is 9.71 Å². The fourth-order valence-electron chi connectivity index (χ4n) is 1.91. The summed E-state index contributed by atoms with van der Waals surface area (Å²) in [5.74, 6) is 0.156. The summed E-state index contributed by atoms with van der Waals surface area (Å²) in [5, 5.41) is 0. The van der Waals surface area contributed by atoms with Crippen molar-refractivity contribution in [3.05, 3.63) is 29.7 Å². The Bertz CT molecular complexity index is 689. The molecule has 2 heterocycles. The number of nitrogens with one attached hydrogen (secondary N) is 1. The van der Waals surface area contributed by atoms with E-state index in [-0.39, 0.29) is 5.75 Å². The molecule has 0 amide bonds. The highest BCUT2D eigenvalue weighted by atomic mass is 32.2. The molecule has 19 heavy (non-hydrogen) atoms. The molecule has 0 fully saturated rings. The summed E-state index contributed by atoms with van der Waals surface area (Å²) in [6.45, 7) is 5.87. The largest absolute Gasteiger partial charge is 0.302 e. The number of unbranched alkanes of at least 4 members (excludes halogenated alkanes) is 1. The van der Waals surface area contributed by atoms with Crippen LogP contribution >= 0.6 is 0 Å². The second kappa shape index (κ2) is 5.21. The first kappa shape index (κ1) is 13.9. The molecule has 0 aromatic carbocycles. The van der Waals surface area contributed by atoms with Crippen LogP contribution in [0.4, 0.5) is 5.69 Å². The van der Waals surface area contributed by atoms with Crippen molar-refractivity contribution in [1.82, 2.24) is 9.38 Å². The molecule has 2 aromatic heterocycles. The molecule has 5 nitrogen and oxygen atoms in total. The lowest BCUT2D eigenvalue weighted by atomic mass is 10.4. The molecule has 0 saturated carbocycles. The SMILES string of the molecule is CCCCS(=O)(=O)Nc1ccc2nc(C)c(C)n2c1. The van der Waals surface area contributed by atoms with Gasteiger partial charge in [0.05, 0.1) is 17.1 Å². The minimum atomic E-state index is -3.26. The first-order valence-electron chi connectivity index (χ1n) is 6.39. The van der Waals surface area contributed by atoms with E-state index in [0.29, 0.717) is 12.1 Å². The zero-order chi connectivity index (χ0) is 14.0.